The monoisotopic (exact) mass is 359 g/mol. The standard InChI is InChI=1S/C19H17NO4.ClH/c1-21-16-4-3-12(8-17(16)22-2)7-15-14-10-19-18(23-11-24-19)9-13(14)5-6-20-15;/h3-6,8-10H,7,11H2,1-2H3;1H. The van der Waals surface area contributed by atoms with Crippen molar-refractivity contribution in [1.29, 1.82) is 0 Å². The van der Waals surface area contributed by atoms with Crippen LogP contribution < -0.4 is 18.9 Å². The highest BCUT2D eigenvalue weighted by Gasteiger charge is 2.16. The predicted octanol–water partition coefficient (Wildman–Crippen LogP) is 3.99. The van der Waals surface area contributed by atoms with E-state index in [1.165, 1.54) is 0 Å². The van der Waals surface area contributed by atoms with Gasteiger partial charge in [0.25, 0.3) is 0 Å². The van der Waals surface area contributed by atoms with Gasteiger partial charge in [-0.1, -0.05) is 6.07 Å². The summed E-state index contributed by atoms with van der Waals surface area (Å²) in [7, 11) is 3.27. The van der Waals surface area contributed by atoms with E-state index in [2.05, 4.69) is 4.98 Å². The van der Waals surface area contributed by atoms with Gasteiger partial charge in [-0.15, -0.1) is 12.4 Å². The highest BCUT2D eigenvalue weighted by Crippen LogP contribution is 2.37. The summed E-state index contributed by atoms with van der Waals surface area (Å²) >= 11 is 0. The first-order chi connectivity index (χ1) is 11.8. The smallest absolute Gasteiger partial charge is 0.231 e. The second-order valence-electron chi connectivity index (χ2n) is 5.55. The molecule has 2 aromatic carbocycles. The lowest BCUT2D eigenvalue weighted by atomic mass is 10.0. The average molecular weight is 360 g/mol. The molecule has 1 aliphatic rings. The molecular formula is C19H18ClNO4. The molecule has 0 atom stereocenters. The van der Waals surface area contributed by atoms with E-state index >= 15 is 0 Å². The van der Waals surface area contributed by atoms with Crippen LogP contribution in [0, 0.1) is 0 Å². The topological polar surface area (TPSA) is 49.8 Å². The van der Waals surface area contributed by atoms with E-state index in [0.717, 1.165) is 39.3 Å². The lowest BCUT2D eigenvalue weighted by Crippen LogP contribution is -1.96. The molecule has 0 radical (unpaired) electrons. The molecule has 5 nitrogen and oxygen atoms in total. The van der Waals surface area contributed by atoms with Crippen LogP contribution in [0.5, 0.6) is 23.0 Å². The van der Waals surface area contributed by atoms with Gasteiger partial charge in [-0.2, -0.15) is 0 Å². The third-order valence-corrected chi connectivity index (χ3v) is 4.16. The Morgan fingerprint density at radius 1 is 0.960 bits per heavy atom. The van der Waals surface area contributed by atoms with Crippen molar-refractivity contribution in [3.8, 4) is 23.0 Å². The summed E-state index contributed by atoms with van der Waals surface area (Å²) in [5.41, 5.74) is 2.09. The second-order valence-corrected chi connectivity index (χ2v) is 5.55. The number of hydrogen-bond acceptors (Lipinski definition) is 5. The molecule has 1 aliphatic heterocycles. The molecule has 0 fully saturated rings. The van der Waals surface area contributed by atoms with Crippen molar-refractivity contribution in [1.82, 2.24) is 4.98 Å². The van der Waals surface area contributed by atoms with Gasteiger partial charge in [-0.05, 0) is 41.3 Å². The summed E-state index contributed by atoms with van der Waals surface area (Å²) in [6.07, 6.45) is 2.51. The predicted molar refractivity (Wildman–Crippen MR) is 97.5 cm³/mol. The number of pyridine rings is 1. The minimum atomic E-state index is 0. The molecule has 0 bridgehead atoms. The van der Waals surface area contributed by atoms with Gasteiger partial charge in [-0.3, -0.25) is 4.98 Å². The number of nitrogens with zero attached hydrogens (tertiary/aromatic N) is 1. The molecule has 1 aromatic heterocycles. The van der Waals surface area contributed by atoms with Gasteiger partial charge in [0.05, 0.1) is 19.9 Å². The van der Waals surface area contributed by atoms with Crippen molar-refractivity contribution in [2.45, 2.75) is 6.42 Å². The van der Waals surface area contributed by atoms with Gasteiger partial charge >= 0.3 is 0 Å². The lowest BCUT2D eigenvalue weighted by Gasteiger charge is -2.11. The van der Waals surface area contributed by atoms with Crippen LogP contribution in [0.15, 0.2) is 42.6 Å². The van der Waals surface area contributed by atoms with Crippen LogP contribution in [0.2, 0.25) is 0 Å². The molecule has 3 aromatic rings. The number of benzene rings is 2. The second kappa shape index (κ2) is 7.07. The molecule has 6 heteroatoms. The zero-order valence-electron chi connectivity index (χ0n) is 13.9. The Hall–Kier alpha value is -2.66. The van der Waals surface area contributed by atoms with E-state index in [4.69, 9.17) is 18.9 Å². The average Bonchev–Trinajstić information content (AvgIpc) is 3.07. The Kier molecular flexibility index (Phi) is 4.86. The summed E-state index contributed by atoms with van der Waals surface area (Å²) in [5, 5.41) is 2.15. The molecule has 0 amide bonds. The van der Waals surface area contributed by atoms with Crippen molar-refractivity contribution in [3.05, 3.63) is 53.9 Å². The van der Waals surface area contributed by atoms with Crippen molar-refractivity contribution < 1.29 is 18.9 Å². The van der Waals surface area contributed by atoms with Crippen molar-refractivity contribution >= 4 is 23.2 Å². The van der Waals surface area contributed by atoms with Crippen LogP contribution in [0.4, 0.5) is 0 Å². The van der Waals surface area contributed by atoms with Crippen molar-refractivity contribution in [2.75, 3.05) is 21.0 Å². The molecule has 2 heterocycles. The minimum Gasteiger partial charge on any atom is -0.493 e. The Labute approximate surface area is 151 Å². The van der Waals surface area contributed by atoms with Gasteiger partial charge in [0.2, 0.25) is 6.79 Å². The van der Waals surface area contributed by atoms with Gasteiger partial charge in [0.15, 0.2) is 23.0 Å². The van der Waals surface area contributed by atoms with Crippen LogP contribution in [0.25, 0.3) is 10.8 Å². The lowest BCUT2D eigenvalue weighted by molar-refractivity contribution is 0.174. The SMILES string of the molecule is COc1ccc(Cc2nccc3cc4c(cc23)OCO4)cc1OC.Cl. The van der Waals surface area contributed by atoms with Gasteiger partial charge in [0.1, 0.15) is 0 Å². The number of ether oxygens (including phenoxy) is 4. The van der Waals surface area contributed by atoms with E-state index in [1.54, 1.807) is 14.2 Å². The zero-order valence-corrected chi connectivity index (χ0v) is 14.8. The number of aromatic nitrogens is 1. The number of hydrogen-bond donors (Lipinski definition) is 0. The Bertz CT molecular complexity index is 913. The molecular weight excluding hydrogens is 342 g/mol. The van der Waals surface area contributed by atoms with Crippen molar-refractivity contribution in [2.24, 2.45) is 0 Å². The molecule has 0 spiro atoms. The maximum Gasteiger partial charge on any atom is 0.231 e. The molecule has 25 heavy (non-hydrogen) atoms. The van der Waals surface area contributed by atoms with Crippen LogP contribution in [0.3, 0.4) is 0 Å². The fourth-order valence-corrected chi connectivity index (χ4v) is 2.95. The number of fused-ring (bicyclic) bond motifs is 2. The number of methoxy groups -OCH3 is 2. The summed E-state index contributed by atoms with van der Waals surface area (Å²) in [5.74, 6) is 2.98. The van der Waals surface area contributed by atoms with E-state index in [1.807, 2.05) is 42.6 Å². The molecule has 0 N–H and O–H groups in total. The van der Waals surface area contributed by atoms with Crippen LogP contribution in [0.1, 0.15) is 11.3 Å². The Morgan fingerprint density at radius 2 is 1.72 bits per heavy atom. The molecule has 0 saturated carbocycles. The molecule has 130 valence electrons. The van der Waals surface area contributed by atoms with Gasteiger partial charge < -0.3 is 18.9 Å². The maximum atomic E-state index is 5.49. The number of rotatable bonds is 4. The van der Waals surface area contributed by atoms with E-state index in [-0.39, 0.29) is 19.2 Å². The van der Waals surface area contributed by atoms with Crippen LogP contribution >= 0.6 is 12.4 Å². The minimum absolute atomic E-state index is 0. The quantitative estimate of drug-likeness (QED) is 0.705. The third kappa shape index (κ3) is 3.15. The number of halogens is 1. The first-order valence-electron chi connectivity index (χ1n) is 7.66. The fourth-order valence-electron chi connectivity index (χ4n) is 2.95. The summed E-state index contributed by atoms with van der Waals surface area (Å²) < 4.78 is 21.6. The summed E-state index contributed by atoms with van der Waals surface area (Å²) in [4.78, 5) is 4.56. The van der Waals surface area contributed by atoms with E-state index in [9.17, 15) is 0 Å². The first kappa shape index (κ1) is 17.2. The molecule has 0 aliphatic carbocycles. The molecule has 4 rings (SSSR count). The summed E-state index contributed by atoms with van der Waals surface area (Å²) in [6, 6.07) is 11.9. The van der Waals surface area contributed by atoms with Gasteiger partial charge in [0, 0.05) is 18.0 Å². The maximum absolute atomic E-state index is 5.49. The normalized spacial score (nSPS) is 11.9. The summed E-state index contributed by atoms with van der Waals surface area (Å²) in [6.45, 7) is 0.268. The van der Waals surface area contributed by atoms with E-state index < -0.39 is 0 Å². The highest BCUT2D eigenvalue weighted by molar-refractivity contribution is 5.88. The fraction of sp³-hybridized carbons (Fsp3) is 0.211. The Balaban J connectivity index is 0.00000182. The first-order valence-corrected chi connectivity index (χ1v) is 7.66. The largest absolute Gasteiger partial charge is 0.493 e. The highest BCUT2D eigenvalue weighted by atomic mass is 35.5. The van der Waals surface area contributed by atoms with Crippen LogP contribution in [-0.2, 0) is 6.42 Å². The van der Waals surface area contributed by atoms with E-state index in [0.29, 0.717) is 12.2 Å². The van der Waals surface area contributed by atoms with Gasteiger partial charge in [-0.25, -0.2) is 0 Å². The molecule has 0 unspecified atom stereocenters. The van der Waals surface area contributed by atoms with Crippen molar-refractivity contribution in [3.63, 3.8) is 0 Å². The van der Waals surface area contributed by atoms with Crippen LogP contribution in [-0.4, -0.2) is 26.0 Å². The molecule has 0 saturated heterocycles. The third-order valence-electron chi connectivity index (χ3n) is 4.16. The zero-order chi connectivity index (χ0) is 16.5. The Morgan fingerprint density at radius 3 is 2.48 bits per heavy atom.